The molecule has 1 heterocycles. The Balaban J connectivity index is 1.84. The lowest BCUT2D eigenvalue weighted by atomic mass is 9.83. The van der Waals surface area contributed by atoms with E-state index in [1.54, 1.807) is 19.9 Å². The van der Waals surface area contributed by atoms with Crippen LogP contribution in [0.5, 0.6) is 0 Å². The van der Waals surface area contributed by atoms with Gasteiger partial charge in [0, 0.05) is 30.2 Å². The number of benzene rings is 1. The Bertz CT molecular complexity index is 836. The number of halogens is 3. The predicted molar refractivity (Wildman–Crippen MR) is 103 cm³/mol. The van der Waals surface area contributed by atoms with E-state index in [2.05, 4.69) is 15.5 Å². The van der Waals surface area contributed by atoms with Crippen LogP contribution in [0.2, 0.25) is 0 Å². The average molecular weight is 411 g/mol. The summed E-state index contributed by atoms with van der Waals surface area (Å²) in [4.78, 5) is 16.5. The molecule has 0 atom stereocenters. The van der Waals surface area contributed by atoms with Crippen LogP contribution < -0.4 is 5.32 Å². The van der Waals surface area contributed by atoms with Gasteiger partial charge in [-0.25, -0.2) is 0 Å². The summed E-state index contributed by atoms with van der Waals surface area (Å²) in [5.74, 6) is 0.951. The summed E-state index contributed by atoms with van der Waals surface area (Å²) in [6, 6.07) is 5.21. The van der Waals surface area contributed by atoms with Gasteiger partial charge in [-0.3, -0.25) is 4.79 Å². The number of amides is 1. The van der Waals surface area contributed by atoms with Gasteiger partial charge in [0.1, 0.15) is 0 Å². The van der Waals surface area contributed by atoms with Crippen molar-refractivity contribution in [1.29, 1.82) is 0 Å². The monoisotopic (exact) mass is 411 g/mol. The molecule has 0 saturated carbocycles. The van der Waals surface area contributed by atoms with E-state index < -0.39 is 17.2 Å². The summed E-state index contributed by atoms with van der Waals surface area (Å²) in [5.41, 5.74) is -1.00. The van der Waals surface area contributed by atoms with Crippen LogP contribution in [0.1, 0.15) is 70.3 Å². The molecule has 2 rings (SSSR count). The Labute approximate surface area is 169 Å². The van der Waals surface area contributed by atoms with Crippen LogP contribution in [-0.2, 0) is 28.2 Å². The van der Waals surface area contributed by atoms with Crippen molar-refractivity contribution in [2.45, 2.75) is 70.9 Å². The highest BCUT2D eigenvalue weighted by Gasteiger charge is 2.32. The molecule has 29 heavy (non-hydrogen) atoms. The molecule has 0 unspecified atom stereocenters. The SMILES string of the molecule is CC(C)(C)c1noc(CCCC(=O)NCC(C)(C)c2cccc(C(F)(F)F)c2)n1. The van der Waals surface area contributed by atoms with Crippen LogP contribution >= 0.6 is 0 Å². The third kappa shape index (κ3) is 6.58. The van der Waals surface area contributed by atoms with Crippen molar-refractivity contribution in [1.82, 2.24) is 15.5 Å². The lowest BCUT2D eigenvalue weighted by Gasteiger charge is -2.26. The van der Waals surface area contributed by atoms with Gasteiger partial charge in [-0.1, -0.05) is 58.0 Å². The first kappa shape index (κ1) is 22.9. The molecule has 1 aromatic heterocycles. The van der Waals surface area contributed by atoms with Gasteiger partial charge in [0.25, 0.3) is 0 Å². The molecule has 1 aromatic carbocycles. The second kappa shape index (κ2) is 8.55. The highest BCUT2D eigenvalue weighted by molar-refractivity contribution is 5.76. The number of hydrogen-bond acceptors (Lipinski definition) is 4. The topological polar surface area (TPSA) is 68.0 Å². The number of nitrogens with one attached hydrogen (secondary N) is 1. The number of carbonyl (C=O) groups excluding carboxylic acids is 1. The first-order valence-corrected chi connectivity index (χ1v) is 9.56. The molecule has 0 bridgehead atoms. The third-order valence-electron chi connectivity index (χ3n) is 4.63. The Morgan fingerprint density at radius 1 is 1.10 bits per heavy atom. The fourth-order valence-electron chi connectivity index (χ4n) is 2.69. The van der Waals surface area contributed by atoms with Crippen molar-refractivity contribution in [3.05, 3.63) is 47.1 Å². The van der Waals surface area contributed by atoms with Crippen LogP contribution in [0.15, 0.2) is 28.8 Å². The molecule has 0 saturated heterocycles. The molecule has 0 radical (unpaired) electrons. The zero-order valence-electron chi connectivity index (χ0n) is 17.5. The zero-order chi connectivity index (χ0) is 21.9. The molecule has 2 aromatic rings. The van der Waals surface area contributed by atoms with E-state index in [4.69, 9.17) is 4.52 Å². The molecule has 0 fully saturated rings. The Kier molecular flexibility index (Phi) is 6.75. The van der Waals surface area contributed by atoms with Gasteiger partial charge in [0.05, 0.1) is 5.56 Å². The average Bonchev–Trinajstić information content (AvgIpc) is 3.09. The fraction of sp³-hybridized carbons (Fsp3) is 0.571. The van der Waals surface area contributed by atoms with E-state index in [-0.39, 0.29) is 24.3 Å². The molecular formula is C21H28F3N3O2. The smallest absolute Gasteiger partial charge is 0.355 e. The van der Waals surface area contributed by atoms with E-state index >= 15 is 0 Å². The van der Waals surface area contributed by atoms with Gasteiger partial charge in [-0.2, -0.15) is 18.2 Å². The summed E-state index contributed by atoms with van der Waals surface area (Å²) in [6.45, 7) is 9.80. The van der Waals surface area contributed by atoms with Crippen LogP contribution in [0.25, 0.3) is 0 Å². The van der Waals surface area contributed by atoms with Gasteiger partial charge >= 0.3 is 6.18 Å². The van der Waals surface area contributed by atoms with Gasteiger partial charge < -0.3 is 9.84 Å². The van der Waals surface area contributed by atoms with Crippen LogP contribution in [0, 0.1) is 0 Å². The molecule has 1 amide bonds. The number of carbonyl (C=O) groups is 1. The van der Waals surface area contributed by atoms with E-state index in [0.29, 0.717) is 30.1 Å². The molecule has 5 nitrogen and oxygen atoms in total. The molecule has 1 N–H and O–H groups in total. The summed E-state index contributed by atoms with van der Waals surface area (Å²) < 4.78 is 44.0. The molecule has 0 spiro atoms. The van der Waals surface area contributed by atoms with Gasteiger partial charge in [0.2, 0.25) is 11.8 Å². The van der Waals surface area contributed by atoms with E-state index in [1.165, 1.54) is 6.07 Å². The van der Waals surface area contributed by atoms with E-state index in [0.717, 1.165) is 12.1 Å². The Morgan fingerprint density at radius 2 is 1.76 bits per heavy atom. The summed E-state index contributed by atoms with van der Waals surface area (Å²) in [7, 11) is 0. The lowest BCUT2D eigenvalue weighted by Crippen LogP contribution is -2.36. The van der Waals surface area contributed by atoms with Crippen LogP contribution in [0.3, 0.4) is 0 Å². The van der Waals surface area contributed by atoms with Crippen molar-refractivity contribution >= 4 is 5.91 Å². The highest BCUT2D eigenvalue weighted by atomic mass is 19.4. The van der Waals surface area contributed by atoms with E-state index in [9.17, 15) is 18.0 Å². The van der Waals surface area contributed by atoms with Crippen molar-refractivity contribution in [2.75, 3.05) is 6.54 Å². The van der Waals surface area contributed by atoms with Gasteiger partial charge in [-0.05, 0) is 18.1 Å². The minimum atomic E-state index is -4.39. The Morgan fingerprint density at radius 3 is 2.34 bits per heavy atom. The number of hydrogen-bond donors (Lipinski definition) is 1. The summed E-state index contributed by atoms with van der Waals surface area (Å²) >= 11 is 0. The summed E-state index contributed by atoms with van der Waals surface area (Å²) in [6.07, 6.45) is -3.09. The van der Waals surface area contributed by atoms with Gasteiger partial charge in [-0.15, -0.1) is 0 Å². The number of nitrogens with zero attached hydrogens (tertiary/aromatic N) is 2. The maximum absolute atomic E-state index is 12.9. The third-order valence-corrected chi connectivity index (χ3v) is 4.63. The van der Waals surface area contributed by atoms with Crippen LogP contribution in [-0.4, -0.2) is 22.6 Å². The number of rotatable bonds is 7. The minimum Gasteiger partial charge on any atom is -0.355 e. The molecular weight excluding hydrogens is 383 g/mol. The first-order valence-electron chi connectivity index (χ1n) is 9.56. The van der Waals surface area contributed by atoms with Crippen molar-refractivity contribution < 1.29 is 22.5 Å². The number of aromatic nitrogens is 2. The predicted octanol–water partition coefficient (Wildman–Crippen LogP) is 4.80. The highest BCUT2D eigenvalue weighted by Crippen LogP contribution is 2.32. The molecule has 8 heteroatoms. The zero-order valence-corrected chi connectivity index (χ0v) is 17.5. The number of aryl methyl sites for hydroxylation is 1. The largest absolute Gasteiger partial charge is 0.416 e. The van der Waals surface area contributed by atoms with Crippen LogP contribution in [0.4, 0.5) is 13.2 Å². The summed E-state index contributed by atoms with van der Waals surface area (Å²) in [5, 5.41) is 6.75. The molecule has 0 aliphatic rings. The first-order chi connectivity index (χ1) is 13.3. The fourth-order valence-corrected chi connectivity index (χ4v) is 2.69. The number of alkyl halides is 3. The Hall–Kier alpha value is -2.38. The second-order valence-electron chi connectivity index (χ2n) is 8.85. The lowest BCUT2D eigenvalue weighted by molar-refractivity contribution is -0.137. The standard InChI is InChI=1S/C21H28F3N3O2/c1-19(2,3)18-26-17(29-27-18)11-7-10-16(28)25-13-20(4,5)14-8-6-9-15(12-14)21(22,23)24/h6,8-9,12H,7,10-11,13H2,1-5H3,(H,25,28). The minimum absolute atomic E-state index is 0.166. The van der Waals surface area contributed by atoms with Crippen molar-refractivity contribution in [2.24, 2.45) is 0 Å². The quantitative estimate of drug-likeness (QED) is 0.710. The maximum atomic E-state index is 12.9. The normalized spacial score (nSPS) is 12.8. The van der Waals surface area contributed by atoms with Gasteiger partial charge in [0.15, 0.2) is 5.82 Å². The molecule has 0 aliphatic carbocycles. The molecule has 0 aliphatic heterocycles. The van der Waals surface area contributed by atoms with Crippen molar-refractivity contribution in [3.8, 4) is 0 Å². The van der Waals surface area contributed by atoms with Crippen molar-refractivity contribution in [3.63, 3.8) is 0 Å². The molecule has 160 valence electrons. The van der Waals surface area contributed by atoms with E-state index in [1.807, 2.05) is 20.8 Å². The second-order valence-corrected chi connectivity index (χ2v) is 8.85. The maximum Gasteiger partial charge on any atom is 0.416 e.